The topological polar surface area (TPSA) is 60.5 Å². The molecule has 1 atom stereocenters. The van der Waals surface area contributed by atoms with Crippen LogP contribution in [0.1, 0.15) is 43.6 Å². The van der Waals surface area contributed by atoms with Gasteiger partial charge in [0.05, 0.1) is 12.8 Å². The minimum absolute atomic E-state index is 0.0175. The normalized spacial score (nSPS) is 25.0. The molecule has 0 saturated heterocycles. The van der Waals surface area contributed by atoms with Gasteiger partial charge in [0.1, 0.15) is 11.1 Å². The Morgan fingerprint density at radius 1 is 1.19 bits per heavy atom. The van der Waals surface area contributed by atoms with Crippen molar-refractivity contribution in [1.29, 1.82) is 0 Å². The van der Waals surface area contributed by atoms with Crippen molar-refractivity contribution in [3.05, 3.63) is 40.3 Å². The van der Waals surface area contributed by atoms with Gasteiger partial charge in [0.2, 0.25) is 0 Å². The molecule has 1 unspecified atom stereocenters. The first-order chi connectivity index (χ1) is 12.7. The molecule has 2 aromatic rings. The van der Waals surface area contributed by atoms with Crippen molar-refractivity contribution >= 4 is 17.4 Å². The van der Waals surface area contributed by atoms with Crippen molar-refractivity contribution in [2.75, 3.05) is 0 Å². The summed E-state index contributed by atoms with van der Waals surface area (Å²) >= 11 is 1.54. The summed E-state index contributed by atoms with van der Waals surface area (Å²) in [7, 11) is 0. The molecule has 4 nitrogen and oxygen atoms in total. The van der Waals surface area contributed by atoms with Crippen LogP contribution in [0.2, 0.25) is 0 Å². The van der Waals surface area contributed by atoms with E-state index in [9.17, 15) is 8.78 Å². The van der Waals surface area contributed by atoms with Crippen LogP contribution in [0.4, 0.5) is 8.78 Å². The van der Waals surface area contributed by atoms with E-state index in [1.54, 1.807) is 19.3 Å². The van der Waals surface area contributed by atoms with Crippen LogP contribution >= 0.6 is 11.3 Å². The lowest BCUT2D eigenvalue weighted by Crippen LogP contribution is -2.60. The zero-order chi connectivity index (χ0) is 19.3. The average Bonchev–Trinajstić information content (AvgIpc) is 3.03. The summed E-state index contributed by atoms with van der Waals surface area (Å²) < 4.78 is 32.5. The van der Waals surface area contributed by atoms with E-state index in [0.29, 0.717) is 6.42 Å². The summed E-state index contributed by atoms with van der Waals surface area (Å²) in [6.45, 7) is 3.71. The van der Waals surface area contributed by atoms with Gasteiger partial charge in [-0.3, -0.25) is 4.98 Å². The maximum atomic E-state index is 13.5. The van der Waals surface area contributed by atoms with Crippen LogP contribution < -0.4 is 5.73 Å². The van der Waals surface area contributed by atoms with Gasteiger partial charge in [-0.15, -0.1) is 17.3 Å². The molecule has 1 spiro atoms. The lowest BCUT2D eigenvalue weighted by molar-refractivity contribution is -0.210. The number of amidine groups is 1. The van der Waals surface area contributed by atoms with Crippen LogP contribution in [0.5, 0.6) is 0 Å². The number of hydrogen-bond donors (Lipinski definition) is 1. The minimum atomic E-state index is -2.69. The second-order valence-corrected chi connectivity index (χ2v) is 8.34. The molecular formula is C20H19F2N3OS. The second kappa shape index (κ2) is 6.03. The van der Waals surface area contributed by atoms with E-state index >= 15 is 0 Å². The Morgan fingerprint density at radius 3 is 2.67 bits per heavy atom. The van der Waals surface area contributed by atoms with E-state index in [2.05, 4.69) is 21.8 Å². The van der Waals surface area contributed by atoms with Gasteiger partial charge >= 0.3 is 0 Å². The average molecular weight is 387 g/mol. The molecule has 4 rings (SSSR count). The standard InChI is InChI=1S/C20H19F2N3OS/c1-3-4-13-5-14(8-24-7-13)15-6-16(27-9-15)18(2)10-19(26-17(23)25-18)11-20(21,22)12-19/h5-9H,10-12H2,1-2H3,(H2,23,25). The smallest absolute Gasteiger partial charge is 0.283 e. The Kier molecular flexibility index (Phi) is 4.00. The predicted octanol–water partition coefficient (Wildman–Crippen LogP) is 4.30. The van der Waals surface area contributed by atoms with E-state index in [4.69, 9.17) is 10.5 Å². The Labute approximate surface area is 160 Å². The summed E-state index contributed by atoms with van der Waals surface area (Å²) in [5.41, 5.74) is 7.04. The Balaban J connectivity index is 1.65. The fourth-order valence-corrected chi connectivity index (χ4v) is 5.03. The number of hydrogen-bond acceptors (Lipinski definition) is 5. The molecule has 0 aromatic carbocycles. The van der Waals surface area contributed by atoms with Crippen LogP contribution in [0.15, 0.2) is 34.9 Å². The molecule has 3 heterocycles. The van der Waals surface area contributed by atoms with Gasteiger partial charge in [0.15, 0.2) is 0 Å². The lowest BCUT2D eigenvalue weighted by Gasteiger charge is -2.51. The van der Waals surface area contributed by atoms with Gasteiger partial charge in [-0.1, -0.05) is 5.92 Å². The van der Waals surface area contributed by atoms with Gasteiger partial charge < -0.3 is 10.5 Å². The number of thiophene rings is 1. The molecule has 0 bridgehead atoms. The molecule has 1 aliphatic carbocycles. The largest absolute Gasteiger partial charge is 0.458 e. The first kappa shape index (κ1) is 17.9. The SMILES string of the molecule is CC#Cc1cncc(-c2csc(C3(C)CC4(CC(F)(F)C4)OC(N)=N3)c2)c1. The first-order valence-electron chi connectivity index (χ1n) is 8.62. The van der Waals surface area contributed by atoms with Gasteiger partial charge in [-0.05, 0) is 36.9 Å². The van der Waals surface area contributed by atoms with Gasteiger partial charge in [0, 0.05) is 34.8 Å². The van der Waals surface area contributed by atoms with Crippen LogP contribution in [-0.2, 0) is 10.3 Å². The first-order valence-corrected chi connectivity index (χ1v) is 9.50. The number of pyridine rings is 1. The van der Waals surface area contributed by atoms with Gasteiger partial charge in [-0.2, -0.15) is 0 Å². The number of ether oxygens (including phenoxy) is 1. The summed E-state index contributed by atoms with van der Waals surface area (Å²) in [5, 5.41) is 2.02. The molecule has 1 aliphatic heterocycles. The highest BCUT2D eigenvalue weighted by Crippen LogP contribution is 2.55. The van der Waals surface area contributed by atoms with Gasteiger partial charge in [0.25, 0.3) is 11.9 Å². The highest BCUT2D eigenvalue weighted by Gasteiger charge is 2.62. The lowest BCUT2D eigenvalue weighted by atomic mass is 9.68. The molecule has 0 radical (unpaired) electrons. The van der Waals surface area contributed by atoms with E-state index in [1.165, 1.54) is 11.3 Å². The third-order valence-electron chi connectivity index (χ3n) is 4.98. The molecular weight excluding hydrogens is 368 g/mol. The van der Waals surface area contributed by atoms with Crippen LogP contribution in [-0.4, -0.2) is 22.5 Å². The molecule has 27 heavy (non-hydrogen) atoms. The van der Waals surface area contributed by atoms with E-state index in [1.807, 2.05) is 24.4 Å². The highest BCUT2D eigenvalue weighted by atomic mass is 32.1. The molecule has 2 aliphatic rings. The number of nitrogens with two attached hydrogens (primary N) is 1. The van der Waals surface area contributed by atoms with Crippen molar-refractivity contribution in [2.24, 2.45) is 10.7 Å². The Hall–Kier alpha value is -2.46. The van der Waals surface area contributed by atoms with Crippen LogP contribution in [0, 0.1) is 11.8 Å². The third-order valence-corrected chi connectivity index (χ3v) is 6.16. The molecule has 2 aromatic heterocycles. The zero-order valence-electron chi connectivity index (χ0n) is 15.1. The highest BCUT2D eigenvalue weighted by molar-refractivity contribution is 7.10. The van der Waals surface area contributed by atoms with Crippen molar-refractivity contribution in [3.63, 3.8) is 0 Å². The third kappa shape index (κ3) is 3.30. The summed E-state index contributed by atoms with van der Waals surface area (Å²) in [6.07, 6.45) is 3.26. The number of aromatic nitrogens is 1. The Morgan fingerprint density at radius 2 is 1.96 bits per heavy atom. The second-order valence-electron chi connectivity index (χ2n) is 7.43. The maximum absolute atomic E-state index is 13.5. The van der Waals surface area contributed by atoms with Crippen molar-refractivity contribution in [3.8, 4) is 23.0 Å². The van der Waals surface area contributed by atoms with Crippen molar-refractivity contribution in [2.45, 2.75) is 50.2 Å². The predicted molar refractivity (Wildman–Crippen MR) is 102 cm³/mol. The molecule has 0 amide bonds. The zero-order valence-corrected chi connectivity index (χ0v) is 15.9. The Bertz CT molecular complexity index is 980. The fourth-order valence-electron chi connectivity index (χ4n) is 4.00. The summed E-state index contributed by atoms with van der Waals surface area (Å²) in [4.78, 5) is 9.67. The number of nitrogens with zero attached hydrogens (tertiary/aromatic N) is 2. The van der Waals surface area contributed by atoms with Crippen molar-refractivity contribution < 1.29 is 13.5 Å². The maximum Gasteiger partial charge on any atom is 0.283 e. The quantitative estimate of drug-likeness (QED) is 0.782. The number of halogens is 2. The van der Waals surface area contributed by atoms with E-state index in [0.717, 1.165) is 21.6 Å². The molecule has 1 fully saturated rings. The number of rotatable bonds is 2. The molecule has 140 valence electrons. The summed E-state index contributed by atoms with van der Waals surface area (Å²) in [5.74, 6) is 3.18. The molecule has 2 N–H and O–H groups in total. The number of alkyl halides is 2. The van der Waals surface area contributed by atoms with E-state index < -0.39 is 17.1 Å². The summed E-state index contributed by atoms with van der Waals surface area (Å²) in [6, 6.07) is 3.99. The molecule has 7 heteroatoms. The van der Waals surface area contributed by atoms with E-state index in [-0.39, 0.29) is 18.9 Å². The minimum Gasteiger partial charge on any atom is -0.458 e. The van der Waals surface area contributed by atoms with Crippen LogP contribution in [0.3, 0.4) is 0 Å². The van der Waals surface area contributed by atoms with Gasteiger partial charge in [-0.25, -0.2) is 13.8 Å². The number of aliphatic imine (C=N–C) groups is 1. The fraction of sp³-hybridized carbons (Fsp3) is 0.400. The van der Waals surface area contributed by atoms with Crippen molar-refractivity contribution in [1.82, 2.24) is 4.98 Å². The monoisotopic (exact) mass is 387 g/mol. The van der Waals surface area contributed by atoms with Crippen LogP contribution in [0.25, 0.3) is 11.1 Å². The molecule has 1 saturated carbocycles.